The lowest BCUT2D eigenvalue weighted by atomic mass is 9.97. The second-order valence-electron chi connectivity index (χ2n) is 12.5. The molecule has 0 aliphatic rings. The van der Waals surface area contributed by atoms with E-state index in [1.807, 2.05) is 18.3 Å². The molecule has 1 atom stereocenters. The minimum absolute atomic E-state index is 0.272. The normalized spacial score (nSPS) is 12.4. The van der Waals surface area contributed by atoms with Crippen molar-refractivity contribution in [2.24, 2.45) is 5.73 Å². The number of hydrogen-bond acceptors (Lipinski definition) is 2. The van der Waals surface area contributed by atoms with Gasteiger partial charge in [0.05, 0.1) is 22.1 Å². The number of rotatable bonds is 7. The average Bonchev–Trinajstić information content (AvgIpc) is 3.67. The van der Waals surface area contributed by atoms with Crippen LogP contribution >= 0.6 is 0 Å². The van der Waals surface area contributed by atoms with Crippen LogP contribution in [0, 0.1) is 0 Å². The Hall–Kier alpha value is -6.36. The van der Waals surface area contributed by atoms with Crippen LogP contribution in [-0.4, -0.2) is 9.24 Å². The Morgan fingerprint density at radius 1 is 0.449 bits per heavy atom. The summed E-state index contributed by atoms with van der Waals surface area (Å²) in [5.74, 6) is 0. The van der Waals surface area contributed by atoms with Gasteiger partial charge in [0, 0.05) is 39.5 Å². The van der Waals surface area contributed by atoms with Gasteiger partial charge in [0.15, 0.2) is 0 Å². The first-order chi connectivity index (χ1) is 24.2. The molecule has 234 valence electrons. The summed E-state index contributed by atoms with van der Waals surface area (Å²) in [6.07, 6.45) is 3.98. The number of nitrogens with one attached hydrogen (secondary N) is 1. The Morgan fingerprint density at radius 3 is 1.67 bits per heavy atom. The predicted octanol–water partition coefficient (Wildman–Crippen LogP) is 11.0. The number of aromatic nitrogens is 2. The molecular formula is C45H34N4. The molecule has 0 fully saturated rings. The van der Waals surface area contributed by atoms with Crippen molar-refractivity contribution in [1.29, 1.82) is 0 Å². The van der Waals surface area contributed by atoms with Gasteiger partial charge in [0.25, 0.3) is 0 Å². The van der Waals surface area contributed by atoms with E-state index in [1.54, 1.807) is 0 Å². The van der Waals surface area contributed by atoms with Gasteiger partial charge in [-0.15, -0.1) is 0 Å². The fraction of sp³-hybridized carbons (Fsp3) is 0.0222. The van der Waals surface area contributed by atoms with Crippen LogP contribution in [0.25, 0.3) is 71.6 Å². The van der Waals surface area contributed by atoms with E-state index in [0.29, 0.717) is 0 Å². The second-order valence-corrected chi connectivity index (χ2v) is 12.5. The number of hydrogen-bond donors (Lipinski definition) is 2. The van der Waals surface area contributed by atoms with Gasteiger partial charge >= 0.3 is 0 Å². The number of nitrogens with zero attached hydrogens (tertiary/aromatic N) is 2. The summed E-state index contributed by atoms with van der Waals surface area (Å²) in [6, 6.07) is 60.0. The maximum atomic E-state index is 6.73. The Bertz CT molecular complexity index is 2590. The maximum absolute atomic E-state index is 6.73. The summed E-state index contributed by atoms with van der Waals surface area (Å²) in [4.78, 5) is 0. The molecule has 4 nitrogen and oxygen atoms in total. The first-order valence-electron chi connectivity index (χ1n) is 16.7. The number of fused-ring (bicyclic) bond motifs is 6. The molecule has 0 spiro atoms. The van der Waals surface area contributed by atoms with E-state index in [-0.39, 0.29) is 6.04 Å². The highest BCUT2D eigenvalue weighted by molar-refractivity contribution is 6.11. The largest absolute Gasteiger partial charge is 0.321 e. The molecule has 2 aromatic heterocycles. The van der Waals surface area contributed by atoms with Crippen molar-refractivity contribution in [3.8, 4) is 27.9 Å². The van der Waals surface area contributed by atoms with Crippen LogP contribution in [0.3, 0.4) is 0 Å². The second kappa shape index (κ2) is 12.0. The summed E-state index contributed by atoms with van der Waals surface area (Å²) >= 11 is 0. The van der Waals surface area contributed by atoms with Crippen molar-refractivity contribution in [3.05, 3.63) is 188 Å². The van der Waals surface area contributed by atoms with Crippen LogP contribution in [0.1, 0.15) is 11.6 Å². The third-order valence-electron chi connectivity index (χ3n) is 9.60. The van der Waals surface area contributed by atoms with Crippen molar-refractivity contribution >= 4 is 43.6 Å². The summed E-state index contributed by atoms with van der Waals surface area (Å²) in [7, 11) is 0. The predicted molar refractivity (Wildman–Crippen MR) is 207 cm³/mol. The van der Waals surface area contributed by atoms with Crippen LogP contribution in [0.5, 0.6) is 0 Å². The van der Waals surface area contributed by atoms with Gasteiger partial charge < -0.3 is 15.7 Å². The smallest absolute Gasteiger partial charge is 0.0711 e. The zero-order chi connectivity index (χ0) is 32.7. The average molecular weight is 631 g/mol. The highest BCUT2D eigenvalue weighted by Gasteiger charge is 2.15. The Kier molecular flexibility index (Phi) is 7.07. The van der Waals surface area contributed by atoms with Crippen LogP contribution in [0.4, 0.5) is 0 Å². The molecule has 0 saturated carbocycles. The molecule has 4 heteroatoms. The lowest BCUT2D eigenvalue weighted by molar-refractivity contribution is 0.903. The minimum Gasteiger partial charge on any atom is -0.321 e. The Morgan fingerprint density at radius 2 is 0.980 bits per heavy atom. The topological polar surface area (TPSA) is 47.9 Å². The van der Waals surface area contributed by atoms with Gasteiger partial charge in [-0.25, -0.2) is 0 Å². The monoisotopic (exact) mass is 630 g/mol. The van der Waals surface area contributed by atoms with Crippen LogP contribution in [0.2, 0.25) is 0 Å². The van der Waals surface area contributed by atoms with E-state index >= 15 is 0 Å². The molecule has 49 heavy (non-hydrogen) atoms. The van der Waals surface area contributed by atoms with E-state index in [0.717, 1.165) is 27.8 Å². The van der Waals surface area contributed by atoms with Crippen LogP contribution in [-0.2, 0) is 0 Å². The van der Waals surface area contributed by atoms with Gasteiger partial charge in [-0.2, -0.15) is 0 Å². The van der Waals surface area contributed by atoms with E-state index < -0.39 is 0 Å². The molecule has 0 amide bonds. The Labute approximate surface area is 284 Å². The van der Waals surface area contributed by atoms with E-state index in [2.05, 4.69) is 178 Å². The lowest BCUT2D eigenvalue weighted by Crippen LogP contribution is -2.11. The molecular weight excluding hydrogens is 597 g/mol. The number of para-hydroxylation sites is 3. The third-order valence-corrected chi connectivity index (χ3v) is 9.60. The van der Waals surface area contributed by atoms with Crippen molar-refractivity contribution in [2.45, 2.75) is 6.04 Å². The fourth-order valence-corrected chi connectivity index (χ4v) is 7.18. The van der Waals surface area contributed by atoms with Gasteiger partial charge in [-0.3, -0.25) is 4.68 Å². The maximum Gasteiger partial charge on any atom is 0.0711 e. The zero-order valence-corrected chi connectivity index (χ0v) is 26.9. The summed E-state index contributed by atoms with van der Waals surface area (Å²) in [5.41, 5.74) is 21.8. The number of benzene rings is 7. The molecule has 9 rings (SSSR count). The molecule has 0 radical (unpaired) electrons. The van der Waals surface area contributed by atoms with Crippen molar-refractivity contribution in [3.63, 3.8) is 0 Å². The molecule has 0 saturated heterocycles. The highest BCUT2D eigenvalue weighted by Crippen LogP contribution is 2.35. The molecule has 0 bridgehead atoms. The lowest BCUT2D eigenvalue weighted by Gasteiger charge is -2.12. The van der Waals surface area contributed by atoms with Crippen molar-refractivity contribution in [1.82, 2.24) is 9.24 Å². The molecule has 0 aliphatic carbocycles. The van der Waals surface area contributed by atoms with E-state index in [4.69, 9.17) is 5.73 Å². The Balaban J connectivity index is 1.02. The van der Waals surface area contributed by atoms with Gasteiger partial charge in [-0.05, 0) is 76.4 Å². The fourth-order valence-electron chi connectivity index (χ4n) is 7.18. The zero-order valence-electron chi connectivity index (χ0n) is 26.9. The standard InChI is InChI=1S/C45H34N4/c46-41(35-14-10-13-34(29-35)33-23-21-32(22-24-33)31-11-2-1-3-12-31)27-28-47-49-44-20-9-6-17-39(44)40-30-36(25-26-45(40)49)48-42-18-7-4-15-37(42)38-16-5-8-19-43(38)48/h1-30,41,47H,46H2/b28-27-. The first kappa shape index (κ1) is 28.8. The third kappa shape index (κ3) is 5.07. The van der Waals surface area contributed by atoms with Crippen LogP contribution in [0.15, 0.2) is 182 Å². The summed E-state index contributed by atoms with van der Waals surface area (Å²) in [5, 5.41) is 4.90. The molecule has 0 aliphatic heterocycles. The van der Waals surface area contributed by atoms with E-state index in [1.165, 1.54) is 49.3 Å². The summed E-state index contributed by atoms with van der Waals surface area (Å²) in [6.45, 7) is 0. The SMILES string of the molecule is NC(/C=C\Nn1c2ccccc2c2cc(-n3c4ccccc4c4ccccc43)ccc21)c1cccc(-c2ccc(-c3ccccc3)cc2)c1. The van der Waals surface area contributed by atoms with Crippen LogP contribution < -0.4 is 11.2 Å². The van der Waals surface area contributed by atoms with Gasteiger partial charge in [0.1, 0.15) is 0 Å². The molecule has 7 aromatic carbocycles. The molecule has 2 heterocycles. The summed E-state index contributed by atoms with van der Waals surface area (Å²) < 4.78 is 4.52. The number of nitrogens with two attached hydrogens (primary N) is 1. The van der Waals surface area contributed by atoms with E-state index in [9.17, 15) is 0 Å². The highest BCUT2D eigenvalue weighted by atomic mass is 15.4. The minimum atomic E-state index is -0.272. The molecule has 1 unspecified atom stereocenters. The van der Waals surface area contributed by atoms with Crippen molar-refractivity contribution in [2.75, 3.05) is 5.43 Å². The van der Waals surface area contributed by atoms with Gasteiger partial charge in [0.2, 0.25) is 0 Å². The first-order valence-corrected chi connectivity index (χ1v) is 16.7. The molecule has 3 N–H and O–H groups in total. The molecule has 9 aromatic rings. The van der Waals surface area contributed by atoms with Crippen molar-refractivity contribution < 1.29 is 0 Å². The van der Waals surface area contributed by atoms with Gasteiger partial charge in [-0.1, -0.05) is 127 Å². The quantitative estimate of drug-likeness (QED) is 0.184.